The summed E-state index contributed by atoms with van der Waals surface area (Å²) in [5.74, 6) is 0. The van der Waals surface area contributed by atoms with E-state index in [-0.39, 0.29) is 6.04 Å². The molecule has 1 rings (SSSR count). The number of hydrogen-bond donors (Lipinski definition) is 1. The van der Waals surface area contributed by atoms with E-state index in [1.54, 1.807) is 6.08 Å². The Hall–Kier alpha value is -1.05. The number of allylic oxidation sites excluding steroid dienone is 3. The molecule has 0 aromatic heterocycles. The number of halogens is 1. The molecule has 0 aliphatic heterocycles. The normalized spacial score (nSPS) is 12.9. The van der Waals surface area contributed by atoms with E-state index in [0.717, 1.165) is 23.4 Å². The molecule has 2 N–H and O–H groups in total. The third kappa shape index (κ3) is 4.32. The fraction of sp³-hybridized carbons (Fsp3) is 0.231. The van der Waals surface area contributed by atoms with Gasteiger partial charge in [0, 0.05) is 11.1 Å². The minimum Gasteiger partial charge on any atom is -0.324 e. The third-order valence-electron chi connectivity index (χ3n) is 2.21. The van der Waals surface area contributed by atoms with Gasteiger partial charge in [-0.25, -0.2) is 0 Å². The van der Waals surface area contributed by atoms with Crippen molar-refractivity contribution in [2.45, 2.75) is 18.9 Å². The van der Waals surface area contributed by atoms with Crippen molar-refractivity contribution in [3.05, 3.63) is 59.7 Å². The Morgan fingerprint density at radius 3 is 2.60 bits per heavy atom. The van der Waals surface area contributed by atoms with Gasteiger partial charge in [-0.1, -0.05) is 48.5 Å². The molecule has 1 nitrogen and oxygen atoms in total. The first kappa shape index (κ1) is 12.0. The molecule has 0 radical (unpaired) electrons. The van der Waals surface area contributed by atoms with E-state index in [2.05, 4.69) is 12.7 Å². The van der Waals surface area contributed by atoms with Crippen molar-refractivity contribution < 1.29 is 0 Å². The maximum atomic E-state index is 6.02. The Balaban J connectivity index is 2.46. The SMILES string of the molecule is C=C/C=C\CCC(N)c1ccc(Cl)cc1. The molecule has 0 amide bonds. The average molecular weight is 222 g/mol. The Morgan fingerprint density at radius 1 is 1.33 bits per heavy atom. The summed E-state index contributed by atoms with van der Waals surface area (Å²) in [6, 6.07) is 7.78. The lowest BCUT2D eigenvalue weighted by Gasteiger charge is -2.10. The highest BCUT2D eigenvalue weighted by Crippen LogP contribution is 2.18. The first-order chi connectivity index (χ1) is 7.24. The summed E-state index contributed by atoms with van der Waals surface area (Å²) in [5.41, 5.74) is 7.16. The van der Waals surface area contributed by atoms with Crippen LogP contribution in [0.25, 0.3) is 0 Å². The van der Waals surface area contributed by atoms with Crippen LogP contribution in [0.2, 0.25) is 5.02 Å². The zero-order valence-electron chi connectivity index (χ0n) is 8.70. The van der Waals surface area contributed by atoms with Crippen LogP contribution in [0.3, 0.4) is 0 Å². The molecule has 0 saturated heterocycles. The van der Waals surface area contributed by atoms with Crippen LogP contribution in [0.15, 0.2) is 49.1 Å². The molecule has 1 atom stereocenters. The van der Waals surface area contributed by atoms with Gasteiger partial charge in [0.05, 0.1) is 0 Å². The van der Waals surface area contributed by atoms with E-state index in [9.17, 15) is 0 Å². The maximum Gasteiger partial charge on any atom is 0.0406 e. The second kappa shape index (κ2) is 6.44. The lowest BCUT2D eigenvalue weighted by atomic mass is 10.0. The van der Waals surface area contributed by atoms with E-state index >= 15 is 0 Å². The Bertz CT molecular complexity index is 327. The zero-order chi connectivity index (χ0) is 11.1. The Kier molecular flexibility index (Phi) is 5.16. The number of hydrogen-bond acceptors (Lipinski definition) is 1. The van der Waals surface area contributed by atoms with Crippen LogP contribution in [0.4, 0.5) is 0 Å². The van der Waals surface area contributed by atoms with Crippen LogP contribution >= 0.6 is 11.6 Å². The van der Waals surface area contributed by atoms with Gasteiger partial charge in [0.25, 0.3) is 0 Å². The van der Waals surface area contributed by atoms with Gasteiger partial charge in [-0.15, -0.1) is 0 Å². The van der Waals surface area contributed by atoms with Crippen molar-refractivity contribution in [3.8, 4) is 0 Å². The van der Waals surface area contributed by atoms with Crippen molar-refractivity contribution in [3.63, 3.8) is 0 Å². The molecule has 15 heavy (non-hydrogen) atoms. The van der Waals surface area contributed by atoms with Crippen molar-refractivity contribution in [2.75, 3.05) is 0 Å². The second-order valence-electron chi connectivity index (χ2n) is 3.40. The summed E-state index contributed by atoms with van der Waals surface area (Å²) in [6.07, 6.45) is 7.69. The summed E-state index contributed by atoms with van der Waals surface area (Å²) in [4.78, 5) is 0. The molecule has 0 spiro atoms. The van der Waals surface area contributed by atoms with Crippen LogP contribution in [-0.4, -0.2) is 0 Å². The van der Waals surface area contributed by atoms with Crippen LogP contribution < -0.4 is 5.73 Å². The van der Waals surface area contributed by atoms with Crippen LogP contribution in [0.1, 0.15) is 24.4 Å². The predicted molar refractivity (Wildman–Crippen MR) is 67.0 cm³/mol. The molecule has 80 valence electrons. The van der Waals surface area contributed by atoms with E-state index < -0.39 is 0 Å². The molecule has 0 aliphatic rings. The van der Waals surface area contributed by atoms with Crippen molar-refractivity contribution in [2.24, 2.45) is 5.73 Å². The van der Waals surface area contributed by atoms with E-state index in [0.29, 0.717) is 0 Å². The van der Waals surface area contributed by atoms with Gasteiger partial charge in [-0.3, -0.25) is 0 Å². The summed E-state index contributed by atoms with van der Waals surface area (Å²) in [5, 5.41) is 0.748. The molecule has 1 aromatic rings. The molecule has 0 heterocycles. The first-order valence-electron chi connectivity index (χ1n) is 5.02. The summed E-state index contributed by atoms with van der Waals surface area (Å²) < 4.78 is 0. The molecule has 1 aromatic carbocycles. The lowest BCUT2D eigenvalue weighted by Crippen LogP contribution is -2.09. The molecule has 0 saturated carbocycles. The van der Waals surface area contributed by atoms with Crippen molar-refractivity contribution >= 4 is 11.6 Å². The smallest absolute Gasteiger partial charge is 0.0406 e. The second-order valence-corrected chi connectivity index (χ2v) is 3.84. The standard InChI is InChI=1S/C13H16ClN/c1-2-3-4-5-6-13(15)11-7-9-12(14)10-8-11/h2-4,7-10,13H,1,5-6,15H2/b4-3-. The van der Waals surface area contributed by atoms with Gasteiger partial charge in [0.15, 0.2) is 0 Å². The van der Waals surface area contributed by atoms with Gasteiger partial charge in [0.2, 0.25) is 0 Å². The van der Waals surface area contributed by atoms with E-state index in [4.69, 9.17) is 17.3 Å². The highest BCUT2D eigenvalue weighted by molar-refractivity contribution is 6.30. The fourth-order valence-electron chi connectivity index (χ4n) is 1.34. The number of rotatable bonds is 5. The van der Waals surface area contributed by atoms with Gasteiger partial charge in [-0.2, -0.15) is 0 Å². The van der Waals surface area contributed by atoms with Crippen molar-refractivity contribution in [1.29, 1.82) is 0 Å². The minimum atomic E-state index is 0.0803. The molecule has 0 bridgehead atoms. The number of benzene rings is 1. The van der Waals surface area contributed by atoms with Crippen LogP contribution in [0.5, 0.6) is 0 Å². The third-order valence-corrected chi connectivity index (χ3v) is 2.47. The topological polar surface area (TPSA) is 26.0 Å². The molecule has 2 heteroatoms. The minimum absolute atomic E-state index is 0.0803. The predicted octanol–water partition coefficient (Wildman–Crippen LogP) is 3.86. The maximum absolute atomic E-state index is 6.02. The van der Waals surface area contributed by atoms with Crippen LogP contribution in [-0.2, 0) is 0 Å². The van der Waals surface area contributed by atoms with Gasteiger partial charge in [0.1, 0.15) is 0 Å². The lowest BCUT2D eigenvalue weighted by molar-refractivity contribution is 0.661. The summed E-state index contributed by atoms with van der Waals surface area (Å²) >= 11 is 5.80. The summed E-state index contributed by atoms with van der Waals surface area (Å²) in [7, 11) is 0. The van der Waals surface area contributed by atoms with Crippen LogP contribution in [0, 0.1) is 0 Å². The quantitative estimate of drug-likeness (QED) is 0.751. The molecular weight excluding hydrogens is 206 g/mol. The monoisotopic (exact) mass is 221 g/mol. The largest absolute Gasteiger partial charge is 0.324 e. The molecule has 1 unspecified atom stereocenters. The van der Waals surface area contributed by atoms with Gasteiger partial charge >= 0.3 is 0 Å². The fourth-order valence-corrected chi connectivity index (χ4v) is 1.47. The number of nitrogens with two attached hydrogens (primary N) is 1. The molecular formula is C13H16ClN. The Morgan fingerprint density at radius 2 is 2.00 bits per heavy atom. The first-order valence-corrected chi connectivity index (χ1v) is 5.40. The molecule has 0 aliphatic carbocycles. The molecule has 0 fully saturated rings. The zero-order valence-corrected chi connectivity index (χ0v) is 9.45. The van der Waals surface area contributed by atoms with Gasteiger partial charge in [-0.05, 0) is 30.5 Å². The Labute approximate surface area is 96.2 Å². The highest BCUT2D eigenvalue weighted by atomic mass is 35.5. The van der Waals surface area contributed by atoms with E-state index in [1.165, 1.54) is 0 Å². The van der Waals surface area contributed by atoms with E-state index in [1.807, 2.05) is 30.3 Å². The summed E-state index contributed by atoms with van der Waals surface area (Å²) in [6.45, 7) is 3.61. The van der Waals surface area contributed by atoms with Gasteiger partial charge < -0.3 is 5.73 Å². The average Bonchev–Trinajstić information content (AvgIpc) is 2.25. The highest BCUT2D eigenvalue weighted by Gasteiger charge is 2.03. The van der Waals surface area contributed by atoms with Crippen molar-refractivity contribution in [1.82, 2.24) is 0 Å².